The SMILES string of the molecule is COc1ccc(N(Cc2cccs2)C(=O)CN2c3cccc4cccc(c34)S2(=O)=O)cc1. The minimum atomic E-state index is -3.81. The number of ether oxygens (including phenoxy) is 1. The molecule has 0 saturated carbocycles. The highest BCUT2D eigenvalue weighted by Gasteiger charge is 2.37. The van der Waals surface area contributed by atoms with Gasteiger partial charge in [0.2, 0.25) is 5.91 Å². The summed E-state index contributed by atoms with van der Waals surface area (Å²) in [6.07, 6.45) is 0. The summed E-state index contributed by atoms with van der Waals surface area (Å²) in [6, 6.07) is 21.7. The highest BCUT2D eigenvalue weighted by molar-refractivity contribution is 7.93. The molecule has 0 saturated heterocycles. The number of anilines is 2. The Bertz CT molecular complexity index is 1390. The van der Waals surface area contributed by atoms with E-state index in [1.54, 1.807) is 65.8 Å². The molecular formula is C24H20N2O4S2. The van der Waals surface area contributed by atoms with Gasteiger partial charge in [0.05, 0.1) is 24.2 Å². The quantitative estimate of drug-likeness (QED) is 0.417. The van der Waals surface area contributed by atoms with E-state index in [0.717, 1.165) is 10.3 Å². The van der Waals surface area contributed by atoms with E-state index < -0.39 is 10.0 Å². The standard InChI is InChI=1S/C24H20N2O4S2/c1-30-19-12-10-18(11-13-19)25(15-20-7-4-14-31-20)23(27)16-26-21-8-2-5-17-6-3-9-22(24(17)21)32(26,28)29/h2-14H,15-16H2,1H3. The first-order valence-corrected chi connectivity index (χ1v) is 12.3. The number of sulfonamides is 1. The van der Waals surface area contributed by atoms with E-state index in [1.807, 2.05) is 35.7 Å². The summed E-state index contributed by atoms with van der Waals surface area (Å²) in [6.45, 7) is 0.0708. The Hall–Kier alpha value is -3.36. The third-order valence-electron chi connectivity index (χ3n) is 5.54. The minimum absolute atomic E-state index is 0.243. The number of amides is 1. The van der Waals surface area contributed by atoms with Crippen molar-refractivity contribution in [3.8, 4) is 5.75 Å². The van der Waals surface area contributed by atoms with Crippen molar-refractivity contribution < 1.29 is 17.9 Å². The molecule has 6 nitrogen and oxygen atoms in total. The predicted octanol–water partition coefficient (Wildman–Crippen LogP) is 4.65. The Morgan fingerprint density at radius 2 is 1.75 bits per heavy atom. The Kier molecular flexibility index (Phi) is 5.11. The number of rotatable bonds is 6. The van der Waals surface area contributed by atoms with Gasteiger partial charge < -0.3 is 9.64 Å². The Balaban J connectivity index is 1.51. The Morgan fingerprint density at radius 1 is 1.00 bits per heavy atom. The summed E-state index contributed by atoms with van der Waals surface area (Å²) in [5, 5.41) is 3.45. The average molecular weight is 465 g/mol. The molecule has 0 radical (unpaired) electrons. The van der Waals surface area contributed by atoms with Crippen LogP contribution in [-0.2, 0) is 21.4 Å². The van der Waals surface area contributed by atoms with Crippen molar-refractivity contribution in [3.63, 3.8) is 0 Å². The lowest BCUT2D eigenvalue weighted by Gasteiger charge is -2.26. The second-order valence-corrected chi connectivity index (χ2v) is 10.3. The monoisotopic (exact) mass is 464 g/mol. The normalized spacial score (nSPS) is 14.0. The highest BCUT2D eigenvalue weighted by atomic mass is 32.2. The molecule has 0 unspecified atom stereocenters. The van der Waals surface area contributed by atoms with E-state index in [9.17, 15) is 13.2 Å². The number of benzene rings is 3. The van der Waals surface area contributed by atoms with Gasteiger partial charge >= 0.3 is 0 Å². The van der Waals surface area contributed by atoms with Crippen LogP contribution in [0.25, 0.3) is 10.8 Å². The van der Waals surface area contributed by atoms with Gasteiger partial charge in [-0.25, -0.2) is 8.42 Å². The minimum Gasteiger partial charge on any atom is -0.497 e. The van der Waals surface area contributed by atoms with Crippen LogP contribution in [0.5, 0.6) is 5.75 Å². The summed E-state index contributed by atoms with van der Waals surface area (Å²) < 4.78 is 33.1. The first-order chi connectivity index (χ1) is 15.5. The molecule has 3 aromatic carbocycles. The zero-order valence-electron chi connectivity index (χ0n) is 17.3. The molecule has 8 heteroatoms. The van der Waals surface area contributed by atoms with Gasteiger partial charge in [-0.3, -0.25) is 9.10 Å². The van der Waals surface area contributed by atoms with Crippen molar-refractivity contribution in [2.45, 2.75) is 11.4 Å². The molecule has 0 bridgehead atoms. The van der Waals surface area contributed by atoms with E-state index in [-0.39, 0.29) is 17.3 Å². The van der Waals surface area contributed by atoms with E-state index in [0.29, 0.717) is 29.1 Å². The van der Waals surface area contributed by atoms with E-state index in [4.69, 9.17) is 4.74 Å². The molecule has 0 fully saturated rings. The van der Waals surface area contributed by atoms with E-state index in [2.05, 4.69) is 0 Å². The molecule has 0 N–H and O–H groups in total. The number of hydrogen-bond acceptors (Lipinski definition) is 5. The van der Waals surface area contributed by atoms with Gasteiger partial charge in [0.1, 0.15) is 12.3 Å². The molecule has 1 aliphatic rings. The summed E-state index contributed by atoms with van der Waals surface area (Å²) in [4.78, 5) is 16.4. The van der Waals surface area contributed by atoms with Gasteiger partial charge in [0.15, 0.2) is 0 Å². The van der Waals surface area contributed by atoms with Gasteiger partial charge in [-0.15, -0.1) is 11.3 Å². The van der Waals surface area contributed by atoms with Gasteiger partial charge in [0.25, 0.3) is 10.0 Å². The first kappa shape index (κ1) is 20.5. The van der Waals surface area contributed by atoms with Crippen LogP contribution in [0.3, 0.4) is 0 Å². The second-order valence-electron chi connectivity index (χ2n) is 7.40. The lowest BCUT2D eigenvalue weighted by atomic mass is 10.1. The molecule has 0 aliphatic carbocycles. The fourth-order valence-corrected chi connectivity index (χ4v) is 6.33. The highest BCUT2D eigenvalue weighted by Crippen LogP contribution is 2.42. The summed E-state index contributed by atoms with van der Waals surface area (Å²) in [5.41, 5.74) is 1.22. The first-order valence-electron chi connectivity index (χ1n) is 10.0. The topological polar surface area (TPSA) is 66.9 Å². The van der Waals surface area contributed by atoms with Crippen molar-refractivity contribution >= 4 is 49.4 Å². The van der Waals surface area contributed by atoms with Crippen molar-refractivity contribution in [2.24, 2.45) is 0 Å². The largest absolute Gasteiger partial charge is 0.497 e. The molecule has 2 heterocycles. The molecule has 1 aliphatic heterocycles. The van der Waals surface area contributed by atoms with Crippen molar-refractivity contribution in [1.29, 1.82) is 0 Å². The zero-order valence-corrected chi connectivity index (χ0v) is 18.9. The molecule has 1 amide bonds. The average Bonchev–Trinajstić information content (AvgIpc) is 3.40. The number of carbonyl (C=O) groups excluding carboxylic acids is 1. The lowest BCUT2D eigenvalue weighted by molar-refractivity contribution is -0.117. The smallest absolute Gasteiger partial charge is 0.265 e. The zero-order chi connectivity index (χ0) is 22.3. The van der Waals surface area contributed by atoms with Crippen LogP contribution in [0, 0.1) is 0 Å². The van der Waals surface area contributed by atoms with Gasteiger partial charge in [-0.2, -0.15) is 0 Å². The molecule has 4 aromatic rings. The number of hydrogen-bond donors (Lipinski definition) is 0. The molecular weight excluding hydrogens is 444 g/mol. The predicted molar refractivity (Wildman–Crippen MR) is 127 cm³/mol. The van der Waals surface area contributed by atoms with Crippen molar-refractivity contribution in [3.05, 3.63) is 83.1 Å². The number of nitrogens with zero attached hydrogens (tertiary/aromatic N) is 2. The number of methoxy groups -OCH3 is 1. The van der Waals surface area contributed by atoms with E-state index in [1.165, 1.54) is 4.31 Å². The molecule has 0 atom stereocenters. The van der Waals surface area contributed by atoms with Crippen LogP contribution >= 0.6 is 11.3 Å². The Morgan fingerprint density at radius 3 is 2.44 bits per heavy atom. The maximum absolute atomic E-state index is 13.5. The third-order valence-corrected chi connectivity index (χ3v) is 8.20. The maximum Gasteiger partial charge on any atom is 0.265 e. The van der Waals surface area contributed by atoms with Gasteiger partial charge in [-0.1, -0.05) is 30.3 Å². The lowest BCUT2D eigenvalue weighted by Crippen LogP contribution is -2.41. The molecule has 162 valence electrons. The summed E-state index contributed by atoms with van der Waals surface area (Å²) in [7, 11) is -2.23. The second kappa shape index (κ2) is 7.96. The molecule has 1 aromatic heterocycles. The third kappa shape index (κ3) is 3.41. The molecule has 5 rings (SSSR count). The van der Waals surface area contributed by atoms with E-state index >= 15 is 0 Å². The van der Waals surface area contributed by atoms with Crippen LogP contribution in [0.1, 0.15) is 4.88 Å². The van der Waals surface area contributed by atoms with Crippen LogP contribution in [0.4, 0.5) is 11.4 Å². The van der Waals surface area contributed by atoms with Crippen LogP contribution < -0.4 is 13.9 Å². The van der Waals surface area contributed by atoms with Crippen LogP contribution in [-0.4, -0.2) is 28.0 Å². The maximum atomic E-state index is 13.5. The van der Waals surface area contributed by atoms with Gasteiger partial charge in [-0.05, 0) is 53.2 Å². The fourth-order valence-electron chi connectivity index (χ4n) is 3.98. The molecule has 32 heavy (non-hydrogen) atoms. The van der Waals surface area contributed by atoms with Gasteiger partial charge in [0, 0.05) is 16.0 Å². The summed E-state index contributed by atoms with van der Waals surface area (Å²) in [5.74, 6) is 0.374. The van der Waals surface area contributed by atoms with Crippen LogP contribution in [0.2, 0.25) is 0 Å². The number of thiophene rings is 1. The Labute approximate surface area is 190 Å². The number of carbonyl (C=O) groups is 1. The molecule has 0 spiro atoms. The van der Waals surface area contributed by atoms with Crippen molar-refractivity contribution in [2.75, 3.05) is 22.9 Å². The fraction of sp³-hybridized carbons (Fsp3) is 0.125. The van der Waals surface area contributed by atoms with Crippen LogP contribution in [0.15, 0.2) is 83.1 Å². The summed E-state index contributed by atoms with van der Waals surface area (Å²) >= 11 is 1.55. The van der Waals surface area contributed by atoms with Crippen molar-refractivity contribution in [1.82, 2.24) is 0 Å².